The summed E-state index contributed by atoms with van der Waals surface area (Å²) in [6, 6.07) is 11.1. The number of Topliss-reactive ketones (excluding diaryl/α,β-unsaturated/α-hetero) is 1. The van der Waals surface area contributed by atoms with Gasteiger partial charge in [-0.3, -0.25) is 14.4 Å². The van der Waals surface area contributed by atoms with E-state index < -0.39 is 35.5 Å². The smallest absolute Gasteiger partial charge is 0.329 e. The topological polar surface area (TPSA) is 92.8 Å². The van der Waals surface area contributed by atoms with Crippen molar-refractivity contribution in [3.63, 3.8) is 0 Å². The number of carbonyl (C=O) groups excluding carboxylic acids is 4. The summed E-state index contributed by atoms with van der Waals surface area (Å²) >= 11 is 17.9. The van der Waals surface area contributed by atoms with Gasteiger partial charge in [0.15, 0.2) is 0 Å². The maximum atomic E-state index is 12.7. The Morgan fingerprint density at radius 2 is 1.74 bits per heavy atom. The van der Waals surface area contributed by atoms with Crippen molar-refractivity contribution in [3.8, 4) is 0 Å². The van der Waals surface area contributed by atoms with Gasteiger partial charge in [-0.05, 0) is 55.2 Å². The van der Waals surface area contributed by atoms with Crippen molar-refractivity contribution in [2.24, 2.45) is 5.92 Å². The van der Waals surface area contributed by atoms with Crippen molar-refractivity contribution in [1.29, 1.82) is 0 Å². The second-order valence-corrected chi connectivity index (χ2v) is 9.37. The third kappa shape index (κ3) is 6.97. The highest BCUT2D eigenvalue weighted by molar-refractivity contribution is 6.43. The SMILES string of the molecule is CCOC(=O)C(Cc1ccc(Cl)cc1)N1CC(C(=O)NCCCc2ccc(Cl)c(Cl)c2)C(=O)C1=O. The number of rotatable bonds is 10. The molecule has 0 aromatic heterocycles. The monoisotopic (exact) mass is 538 g/mol. The molecule has 2 aromatic carbocycles. The van der Waals surface area contributed by atoms with E-state index in [1.54, 1.807) is 43.3 Å². The van der Waals surface area contributed by atoms with Crippen LogP contribution in [0, 0.1) is 5.92 Å². The molecule has 1 aliphatic heterocycles. The van der Waals surface area contributed by atoms with Crippen molar-refractivity contribution in [3.05, 3.63) is 68.7 Å². The molecule has 1 fully saturated rings. The molecular weight excluding hydrogens is 515 g/mol. The summed E-state index contributed by atoms with van der Waals surface area (Å²) in [4.78, 5) is 51.8. The van der Waals surface area contributed by atoms with Crippen LogP contribution in [0.15, 0.2) is 42.5 Å². The lowest BCUT2D eigenvalue weighted by Crippen LogP contribution is -2.45. The summed E-state index contributed by atoms with van der Waals surface area (Å²) < 4.78 is 5.14. The van der Waals surface area contributed by atoms with Gasteiger partial charge in [0.05, 0.1) is 16.7 Å². The van der Waals surface area contributed by atoms with Crippen molar-refractivity contribution in [2.45, 2.75) is 32.2 Å². The molecule has 2 amide bonds. The van der Waals surface area contributed by atoms with Crippen LogP contribution in [0.4, 0.5) is 0 Å². The molecule has 35 heavy (non-hydrogen) atoms. The van der Waals surface area contributed by atoms with E-state index in [0.29, 0.717) is 34.5 Å². The molecule has 1 N–H and O–H groups in total. The fourth-order valence-electron chi connectivity index (χ4n) is 3.85. The van der Waals surface area contributed by atoms with Crippen molar-refractivity contribution in [1.82, 2.24) is 10.2 Å². The number of amides is 2. The largest absolute Gasteiger partial charge is 0.464 e. The minimum absolute atomic E-state index is 0.120. The highest BCUT2D eigenvalue weighted by atomic mass is 35.5. The number of nitrogens with zero attached hydrogens (tertiary/aromatic N) is 1. The molecule has 0 spiro atoms. The zero-order valence-electron chi connectivity index (χ0n) is 19.1. The van der Waals surface area contributed by atoms with E-state index in [1.165, 1.54) is 0 Å². The number of likely N-dealkylation sites (tertiary alicyclic amines) is 1. The van der Waals surface area contributed by atoms with Gasteiger partial charge in [-0.25, -0.2) is 4.79 Å². The van der Waals surface area contributed by atoms with E-state index in [-0.39, 0.29) is 19.6 Å². The van der Waals surface area contributed by atoms with Crippen LogP contribution in [-0.4, -0.2) is 54.2 Å². The number of benzene rings is 2. The first kappa shape index (κ1) is 27.0. The summed E-state index contributed by atoms with van der Waals surface area (Å²) in [5.41, 5.74) is 1.70. The number of nitrogens with one attached hydrogen (secondary N) is 1. The van der Waals surface area contributed by atoms with Crippen LogP contribution in [0.2, 0.25) is 15.1 Å². The number of esters is 1. The van der Waals surface area contributed by atoms with Crippen LogP contribution < -0.4 is 5.32 Å². The highest BCUT2D eigenvalue weighted by Gasteiger charge is 2.47. The number of hydrogen-bond acceptors (Lipinski definition) is 5. The molecule has 7 nitrogen and oxygen atoms in total. The molecule has 186 valence electrons. The second-order valence-electron chi connectivity index (χ2n) is 8.12. The molecule has 0 saturated carbocycles. The maximum absolute atomic E-state index is 12.7. The third-order valence-corrected chi connectivity index (χ3v) is 6.68. The Kier molecular flexibility index (Phi) is 9.55. The van der Waals surface area contributed by atoms with E-state index in [9.17, 15) is 19.2 Å². The Labute approximate surface area is 218 Å². The molecule has 2 aromatic rings. The van der Waals surface area contributed by atoms with Crippen LogP contribution in [0.3, 0.4) is 0 Å². The van der Waals surface area contributed by atoms with Gasteiger partial charge in [0.2, 0.25) is 11.7 Å². The standard InChI is InChI=1S/C25H25Cl3N2O5/c1-2-35-25(34)21(13-16-5-8-17(26)9-6-16)30-14-18(22(31)24(30)33)23(32)29-11-3-4-15-7-10-19(27)20(28)12-15/h5-10,12,18,21H,2-4,11,13-14H2,1H3,(H,29,32). The van der Waals surface area contributed by atoms with Gasteiger partial charge in [0.1, 0.15) is 12.0 Å². The van der Waals surface area contributed by atoms with Gasteiger partial charge in [0.25, 0.3) is 5.91 Å². The van der Waals surface area contributed by atoms with Gasteiger partial charge in [-0.15, -0.1) is 0 Å². The van der Waals surface area contributed by atoms with Crippen LogP contribution in [0.25, 0.3) is 0 Å². The minimum atomic E-state index is -1.19. The van der Waals surface area contributed by atoms with Gasteiger partial charge in [-0.1, -0.05) is 53.0 Å². The number of carbonyl (C=O) groups is 4. The second kappa shape index (κ2) is 12.4. The van der Waals surface area contributed by atoms with Gasteiger partial charge >= 0.3 is 5.97 Å². The fraction of sp³-hybridized carbons (Fsp3) is 0.360. The van der Waals surface area contributed by atoms with Crippen LogP contribution >= 0.6 is 34.8 Å². The first-order valence-electron chi connectivity index (χ1n) is 11.2. The number of halogens is 3. The van der Waals surface area contributed by atoms with Crippen LogP contribution in [0.1, 0.15) is 24.5 Å². The van der Waals surface area contributed by atoms with E-state index in [4.69, 9.17) is 39.5 Å². The molecule has 1 aliphatic rings. The third-order valence-electron chi connectivity index (χ3n) is 5.69. The molecule has 0 radical (unpaired) electrons. The average Bonchev–Trinajstić information content (AvgIpc) is 3.13. The van der Waals surface area contributed by atoms with Crippen molar-refractivity contribution < 1.29 is 23.9 Å². The maximum Gasteiger partial charge on any atom is 0.329 e. The molecule has 1 heterocycles. The quantitative estimate of drug-likeness (QED) is 0.214. The molecule has 3 rings (SSSR count). The van der Waals surface area contributed by atoms with E-state index in [2.05, 4.69) is 5.32 Å². The zero-order chi connectivity index (χ0) is 25.5. The summed E-state index contributed by atoms with van der Waals surface area (Å²) in [5.74, 6) is -4.07. The summed E-state index contributed by atoms with van der Waals surface area (Å²) in [6.07, 6.45) is 1.38. The first-order chi connectivity index (χ1) is 16.7. The number of hydrogen-bond donors (Lipinski definition) is 1. The van der Waals surface area contributed by atoms with Crippen LogP contribution in [-0.2, 0) is 36.8 Å². The minimum Gasteiger partial charge on any atom is -0.464 e. The van der Waals surface area contributed by atoms with Gasteiger partial charge in [-0.2, -0.15) is 0 Å². The Balaban J connectivity index is 1.61. The Morgan fingerprint density at radius 1 is 1.06 bits per heavy atom. The first-order valence-corrected chi connectivity index (χ1v) is 12.3. The lowest BCUT2D eigenvalue weighted by molar-refractivity contribution is -0.154. The number of aryl methyl sites for hydroxylation is 1. The molecule has 0 bridgehead atoms. The number of ether oxygens (including phenoxy) is 1. The number of ketones is 1. The molecular formula is C25H25Cl3N2O5. The highest BCUT2D eigenvalue weighted by Crippen LogP contribution is 2.24. The van der Waals surface area contributed by atoms with E-state index >= 15 is 0 Å². The molecule has 0 aliphatic carbocycles. The Hall–Kier alpha value is -2.61. The summed E-state index contributed by atoms with van der Waals surface area (Å²) in [7, 11) is 0. The predicted molar refractivity (Wildman–Crippen MR) is 134 cm³/mol. The molecule has 2 unspecified atom stereocenters. The predicted octanol–water partition coefficient (Wildman–Crippen LogP) is 3.90. The molecule has 2 atom stereocenters. The van der Waals surface area contributed by atoms with Crippen molar-refractivity contribution in [2.75, 3.05) is 19.7 Å². The zero-order valence-corrected chi connectivity index (χ0v) is 21.3. The Morgan fingerprint density at radius 3 is 2.40 bits per heavy atom. The average molecular weight is 540 g/mol. The normalized spacial score (nSPS) is 16.3. The van der Waals surface area contributed by atoms with Gasteiger partial charge < -0.3 is 15.0 Å². The van der Waals surface area contributed by atoms with E-state index in [0.717, 1.165) is 16.0 Å². The van der Waals surface area contributed by atoms with Crippen LogP contribution in [0.5, 0.6) is 0 Å². The summed E-state index contributed by atoms with van der Waals surface area (Å²) in [6.45, 7) is 1.90. The summed E-state index contributed by atoms with van der Waals surface area (Å²) in [5, 5.41) is 4.17. The van der Waals surface area contributed by atoms with E-state index in [1.807, 2.05) is 6.07 Å². The molecule has 1 saturated heterocycles. The lowest BCUT2D eigenvalue weighted by atomic mass is 10.0. The Bertz CT molecular complexity index is 1110. The fourth-order valence-corrected chi connectivity index (χ4v) is 4.30. The van der Waals surface area contributed by atoms with Gasteiger partial charge in [0, 0.05) is 24.5 Å². The lowest BCUT2D eigenvalue weighted by Gasteiger charge is -2.25. The molecule has 10 heteroatoms. The van der Waals surface area contributed by atoms with Crippen molar-refractivity contribution >= 4 is 58.4 Å².